The lowest BCUT2D eigenvalue weighted by Crippen LogP contribution is -2.43. The molecule has 0 spiro atoms. The van der Waals surface area contributed by atoms with E-state index in [0.29, 0.717) is 6.61 Å². The number of hydrogen-bond acceptors (Lipinski definition) is 3. The molecule has 128 valence electrons. The Morgan fingerprint density at radius 1 is 1.22 bits per heavy atom. The minimum atomic E-state index is 0.618. The lowest BCUT2D eigenvalue weighted by Gasteiger charge is -2.20. The van der Waals surface area contributed by atoms with E-state index in [4.69, 9.17) is 4.74 Å². The van der Waals surface area contributed by atoms with Crippen molar-refractivity contribution < 1.29 is 4.74 Å². The zero-order chi connectivity index (χ0) is 16.5. The molecule has 1 aromatic rings. The molecule has 2 rings (SSSR count). The first kappa shape index (κ1) is 17.6. The Bertz CT molecular complexity index is 482. The first-order valence-electron chi connectivity index (χ1n) is 8.61. The van der Waals surface area contributed by atoms with Gasteiger partial charge in [-0.2, -0.15) is 0 Å². The van der Waals surface area contributed by atoms with E-state index in [2.05, 4.69) is 46.5 Å². The fourth-order valence-corrected chi connectivity index (χ4v) is 2.55. The van der Waals surface area contributed by atoms with Crippen molar-refractivity contribution in [3.8, 4) is 5.75 Å². The van der Waals surface area contributed by atoms with Crippen LogP contribution in [0.25, 0.3) is 0 Å². The third-order valence-electron chi connectivity index (χ3n) is 4.07. The molecule has 1 fully saturated rings. The maximum absolute atomic E-state index is 5.70. The highest BCUT2D eigenvalue weighted by atomic mass is 16.5. The van der Waals surface area contributed by atoms with Gasteiger partial charge in [-0.25, -0.2) is 0 Å². The monoisotopic (exact) mass is 318 g/mol. The van der Waals surface area contributed by atoms with Crippen LogP contribution in [0.15, 0.2) is 29.3 Å². The Labute approximate surface area is 140 Å². The molecule has 0 heterocycles. The predicted octanol–water partition coefficient (Wildman–Crippen LogP) is 2.02. The van der Waals surface area contributed by atoms with E-state index in [1.807, 2.05) is 12.1 Å². The summed E-state index contributed by atoms with van der Waals surface area (Å²) in [5, 5.41) is 6.65. The van der Waals surface area contributed by atoms with E-state index < -0.39 is 0 Å². The van der Waals surface area contributed by atoms with Gasteiger partial charge in [0.1, 0.15) is 12.4 Å². The summed E-state index contributed by atoms with van der Waals surface area (Å²) in [5.41, 5.74) is 1.24. The molecule has 1 saturated carbocycles. The van der Waals surface area contributed by atoms with Gasteiger partial charge in [-0.05, 0) is 38.4 Å². The van der Waals surface area contributed by atoms with Crippen molar-refractivity contribution in [3.05, 3.63) is 29.8 Å². The zero-order valence-corrected chi connectivity index (χ0v) is 14.6. The second-order valence-corrected chi connectivity index (χ2v) is 5.95. The van der Waals surface area contributed by atoms with Crippen LogP contribution in [0.3, 0.4) is 0 Å². The number of hydrogen-bond donors (Lipinski definition) is 2. The minimum absolute atomic E-state index is 0.618. The maximum atomic E-state index is 5.70. The average molecular weight is 318 g/mol. The Morgan fingerprint density at radius 3 is 2.52 bits per heavy atom. The van der Waals surface area contributed by atoms with Crippen LogP contribution in [-0.2, 0) is 0 Å². The van der Waals surface area contributed by atoms with Crippen LogP contribution in [0.2, 0.25) is 0 Å². The Morgan fingerprint density at radius 2 is 1.91 bits per heavy atom. The molecule has 0 radical (unpaired) electrons. The van der Waals surface area contributed by atoms with E-state index in [1.54, 1.807) is 7.05 Å². The lowest BCUT2D eigenvalue weighted by atomic mass is 10.2. The van der Waals surface area contributed by atoms with Gasteiger partial charge in [-0.1, -0.05) is 24.6 Å². The third-order valence-corrected chi connectivity index (χ3v) is 4.07. The Balaban J connectivity index is 1.58. The summed E-state index contributed by atoms with van der Waals surface area (Å²) in [6.07, 6.45) is 2.72. The summed E-state index contributed by atoms with van der Waals surface area (Å²) >= 11 is 0. The third kappa shape index (κ3) is 6.48. The molecule has 0 unspecified atom stereocenters. The number of rotatable bonds is 9. The van der Waals surface area contributed by atoms with E-state index in [0.717, 1.165) is 43.9 Å². The molecule has 0 atom stereocenters. The molecule has 5 heteroatoms. The average Bonchev–Trinajstić information content (AvgIpc) is 3.40. The first-order valence-corrected chi connectivity index (χ1v) is 8.61. The van der Waals surface area contributed by atoms with Gasteiger partial charge in [0.2, 0.25) is 0 Å². The van der Waals surface area contributed by atoms with Crippen LogP contribution in [0.5, 0.6) is 5.75 Å². The molecule has 23 heavy (non-hydrogen) atoms. The van der Waals surface area contributed by atoms with Gasteiger partial charge < -0.3 is 15.4 Å². The molecule has 1 aliphatic carbocycles. The smallest absolute Gasteiger partial charge is 0.191 e. The van der Waals surface area contributed by atoms with Gasteiger partial charge in [0.15, 0.2) is 5.96 Å². The highest BCUT2D eigenvalue weighted by molar-refractivity contribution is 5.79. The summed E-state index contributed by atoms with van der Waals surface area (Å²) < 4.78 is 5.70. The van der Waals surface area contributed by atoms with Crippen molar-refractivity contribution in [2.45, 2.75) is 32.7 Å². The van der Waals surface area contributed by atoms with E-state index in [1.165, 1.54) is 18.4 Å². The van der Waals surface area contributed by atoms with Gasteiger partial charge in [0, 0.05) is 26.2 Å². The summed E-state index contributed by atoms with van der Waals surface area (Å²) in [5.74, 6) is 1.74. The maximum Gasteiger partial charge on any atom is 0.191 e. The highest BCUT2D eigenvalue weighted by Gasteiger charge is 2.27. The molecule has 0 saturated heterocycles. The summed E-state index contributed by atoms with van der Waals surface area (Å²) in [6.45, 7) is 8.77. The van der Waals surface area contributed by atoms with E-state index in [-0.39, 0.29) is 0 Å². The normalized spacial score (nSPS) is 14.9. The van der Waals surface area contributed by atoms with Crippen LogP contribution in [0.1, 0.15) is 25.3 Å². The van der Waals surface area contributed by atoms with Crippen LogP contribution >= 0.6 is 0 Å². The molecule has 1 aromatic carbocycles. The molecule has 0 amide bonds. The summed E-state index contributed by atoms with van der Waals surface area (Å²) in [6, 6.07) is 8.93. The largest absolute Gasteiger partial charge is 0.492 e. The lowest BCUT2D eigenvalue weighted by molar-refractivity contribution is 0.281. The predicted molar refractivity (Wildman–Crippen MR) is 96.3 cm³/mol. The highest BCUT2D eigenvalue weighted by Crippen LogP contribution is 2.25. The molecule has 2 N–H and O–H groups in total. The topological polar surface area (TPSA) is 48.9 Å². The van der Waals surface area contributed by atoms with Crippen molar-refractivity contribution >= 4 is 5.96 Å². The fourth-order valence-electron chi connectivity index (χ4n) is 2.55. The number of aliphatic imine (C=N–C) groups is 1. The molecule has 0 bridgehead atoms. The van der Waals surface area contributed by atoms with Crippen molar-refractivity contribution in [3.63, 3.8) is 0 Å². The quantitative estimate of drug-likeness (QED) is 0.415. The number of guanidine groups is 1. The van der Waals surface area contributed by atoms with Gasteiger partial charge in [0.25, 0.3) is 0 Å². The Hall–Kier alpha value is -1.75. The van der Waals surface area contributed by atoms with Crippen LogP contribution in [0.4, 0.5) is 0 Å². The van der Waals surface area contributed by atoms with Gasteiger partial charge in [0.05, 0.1) is 6.54 Å². The number of likely N-dealkylation sites (N-methyl/N-ethyl adjacent to an activating group) is 1. The van der Waals surface area contributed by atoms with Crippen LogP contribution in [-0.4, -0.2) is 56.7 Å². The number of aryl methyl sites for hydroxylation is 1. The number of nitrogens with zero attached hydrogens (tertiary/aromatic N) is 2. The van der Waals surface area contributed by atoms with E-state index in [9.17, 15) is 0 Å². The number of benzene rings is 1. The summed E-state index contributed by atoms with van der Waals surface area (Å²) in [7, 11) is 1.80. The van der Waals surface area contributed by atoms with Crippen LogP contribution in [0, 0.1) is 6.92 Å². The van der Waals surface area contributed by atoms with Gasteiger partial charge >= 0.3 is 0 Å². The number of ether oxygens (including phenoxy) is 1. The first-order chi connectivity index (χ1) is 11.2. The van der Waals surface area contributed by atoms with E-state index >= 15 is 0 Å². The van der Waals surface area contributed by atoms with Crippen molar-refractivity contribution in [1.29, 1.82) is 0 Å². The van der Waals surface area contributed by atoms with Crippen molar-refractivity contribution in [2.24, 2.45) is 4.99 Å². The van der Waals surface area contributed by atoms with Gasteiger partial charge in [-0.3, -0.25) is 9.89 Å². The van der Waals surface area contributed by atoms with Crippen LogP contribution < -0.4 is 15.4 Å². The molecule has 5 nitrogen and oxygen atoms in total. The molecular formula is C18H30N4O. The van der Waals surface area contributed by atoms with Crippen molar-refractivity contribution in [2.75, 3.05) is 39.8 Å². The molecular weight excluding hydrogens is 288 g/mol. The number of nitrogens with one attached hydrogen (secondary N) is 2. The summed E-state index contributed by atoms with van der Waals surface area (Å²) in [4.78, 5) is 6.78. The SMILES string of the molecule is CCN(CCNC(=NC)NCCOc1ccc(C)cc1)C1CC1. The zero-order valence-electron chi connectivity index (χ0n) is 14.6. The standard InChI is InChI=1S/C18H30N4O/c1-4-22(16-7-8-16)13-11-20-18(19-3)21-12-14-23-17-9-5-15(2)6-10-17/h5-6,9-10,16H,4,7-8,11-14H2,1-3H3,(H2,19,20,21). The second-order valence-electron chi connectivity index (χ2n) is 5.95. The van der Waals surface area contributed by atoms with Gasteiger partial charge in [-0.15, -0.1) is 0 Å². The second kappa shape index (κ2) is 9.40. The van der Waals surface area contributed by atoms with Crippen molar-refractivity contribution in [1.82, 2.24) is 15.5 Å². The Kier molecular flexibility index (Phi) is 7.20. The fraction of sp³-hybridized carbons (Fsp3) is 0.611. The minimum Gasteiger partial charge on any atom is -0.492 e. The molecule has 1 aliphatic rings. The molecule has 0 aromatic heterocycles. The molecule has 0 aliphatic heterocycles.